The SMILES string of the molecule is CCOC(=O)C1=C(Cl)C2=CC=CCC2N=C1Br. The minimum Gasteiger partial charge on any atom is -0.462 e. The van der Waals surface area contributed by atoms with Gasteiger partial charge in [0.05, 0.1) is 17.7 Å². The number of rotatable bonds is 2. The summed E-state index contributed by atoms with van der Waals surface area (Å²) in [5.41, 5.74) is 1.19. The third-order valence-corrected chi connectivity index (χ3v) is 3.57. The predicted molar refractivity (Wildman–Crippen MR) is 71.5 cm³/mol. The van der Waals surface area contributed by atoms with Gasteiger partial charge in [-0.1, -0.05) is 29.8 Å². The van der Waals surface area contributed by atoms with Gasteiger partial charge in [-0.05, 0) is 34.8 Å². The van der Waals surface area contributed by atoms with Crippen LogP contribution in [0.5, 0.6) is 0 Å². The Kier molecular flexibility index (Phi) is 3.84. The molecule has 1 atom stereocenters. The highest BCUT2D eigenvalue weighted by atomic mass is 79.9. The van der Waals surface area contributed by atoms with Gasteiger partial charge in [0.2, 0.25) is 0 Å². The predicted octanol–water partition coefficient (Wildman–Crippen LogP) is 3.10. The Morgan fingerprint density at radius 3 is 3.18 bits per heavy atom. The summed E-state index contributed by atoms with van der Waals surface area (Å²) >= 11 is 9.53. The van der Waals surface area contributed by atoms with E-state index < -0.39 is 5.97 Å². The Hall–Kier alpha value is -0.870. The number of aliphatic imine (C=N–C) groups is 1. The van der Waals surface area contributed by atoms with Crippen LogP contribution in [0.4, 0.5) is 0 Å². The van der Waals surface area contributed by atoms with Crippen molar-refractivity contribution >= 4 is 38.1 Å². The first-order chi connectivity index (χ1) is 8.15. The normalized spacial score (nSPS) is 22.9. The molecule has 1 aliphatic heterocycles. The first kappa shape index (κ1) is 12.6. The molecule has 0 saturated carbocycles. The van der Waals surface area contributed by atoms with Crippen molar-refractivity contribution in [3.05, 3.63) is 34.4 Å². The molecule has 0 aromatic carbocycles. The van der Waals surface area contributed by atoms with E-state index >= 15 is 0 Å². The van der Waals surface area contributed by atoms with Crippen LogP contribution >= 0.6 is 27.5 Å². The van der Waals surface area contributed by atoms with Crippen molar-refractivity contribution in [3.8, 4) is 0 Å². The van der Waals surface area contributed by atoms with E-state index in [1.807, 2.05) is 18.2 Å². The van der Waals surface area contributed by atoms with Gasteiger partial charge in [-0.2, -0.15) is 0 Å². The van der Waals surface area contributed by atoms with E-state index in [0.29, 0.717) is 21.8 Å². The fraction of sp³-hybridized carbons (Fsp3) is 0.333. The van der Waals surface area contributed by atoms with Crippen LogP contribution in [0.3, 0.4) is 0 Å². The minimum absolute atomic E-state index is 0.0000477. The van der Waals surface area contributed by atoms with Gasteiger partial charge in [0.15, 0.2) is 0 Å². The van der Waals surface area contributed by atoms with Crippen LogP contribution in [-0.4, -0.2) is 23.2 Å². The molecule has 2 aliphatic rings. The summed E-state index contributed by atoms with van der Waals surface area (Å²) in [4.78, 5) is 16.2. The largest absolute Gasteiger partial charge is 0.462 e. The molecule has 0 bridgehead atoms. The molecule has 5 heteroatoms. The quantitative estimate of drug-likeness (QED) is 0.734. The van der Waals surface area contributed by atoms with Crippen LogP contribution in [0.15, 0.2) is 39.4 Å². The Balaban J connectivity index is 2.42. The summed E-state index contributed by atoms with van der Waals surface area (Å²) < 4.78 is 5.44. The van der Waals surface area contributed by atoms with Crippen LogP contribution in [0.25, 0.3) is 0 Å². The highest BCUT2D eigenvalue weighted by molar-refractivity contribution is 9.18. The summed E-state index contributed by atoms with van der Waals surface area (Å²) in [5, 5.41) is 0.430. The number of halogens is 2. The van der Waals surface area contributed by atoms with Crippen molar-refractivity contribution < 1.29 is 9.53 Å². The number of carbonyl (C=O) groups excluding carboxylic acids is 1. The Bertz CT molecular complexity index is 477. The van der Waals surface area contributed by atoms with Gasteiger partial charge < -0.3 is 4.74 Å². The lowest BCUT2D eigenvalue weighted by Crippen LogP contribution is -2.24. The molecule has 0 aromatic heterocycles. The zero-order valence-corrected chi connectivity index (χ0v) is 11.6. The zero-order valence-electron chi connectivity index (χ0n) is 9.24. The second kappa shape index (κ2) is 5.19. The fourth-order valence-corrected chi connectivity index (χ4v) is 2.85. The second-order valence-electron chi connectivity index (χ2n) is 3.63. The molecule has 3 nitrogen and oxygen atoms in total. The van der Waals surface area contributed by atoms with Crippen LogP contribution < -0.4 is 0 Å². The Morgan fingerprint density at radius 1 is 1.71 bits per heavy atom. The molecule has 2 rings (SSSR count). The maximum atomic E-state index is 11.8. The highest BCUT2D eigenvalue weighted by Crippen LogP contribution is 2.35. The lowest BCUT2D eigenvalue weighted by atomic mass is 9.95. The smallest absolute Gasteiger partial charge is 0.342 e. The first-order valence-corrected chi connectivity index (χ1v) is 6.50. The summed E-state index contributed by atoms with van der Waals surface area (Å²) in [6.07, 6.45) is 6.63. The van der Waals surface area contributed by atoms with E-state index in [9.17, 15) is 4.79 Å². The second-order valence-corrected chi connectivity index (χ2v) is 4.76. The number of hydrogen-bond donors (Lipinski definition) is 0. The van der Waals surface area contributed by atoms with E-state index in [4.69, 9.17) is 16.3 Å². The van der Waals surface area contributed by atoms with Crippen molar-refractivity contribution in [2.24, 2.45) is 4.99 Å². The number of dihydropyridines is 1. The van der Waals surface area contributed by atoms with Crippen molar-refractivity contribution in [2.45, 2.75) is 19.4 Å². The van der Waals surface area contributed by atoms with Gasteiger partial charge in [-0.15, -0.1) is 0 Å². The third-order valence-electron chi connectivity index (χ3n) is 2.56. The number of esters is 1. The summed E-state index contributed by atoms with van der Waals surface area (Å²) in [6, 6.07) is 0.0000477. The highest BCUT2D eigenvalue weighted by Gasteiger charge is 2.30. The molecular weight excluding hydrogens is 305 g/mol. The number of nitrogens with zero attached hydrogens (tertiary/aromatic N) is 1. The lowest BCUT2D eigenvalue weighted by Gasteiger charge is -2.24. The van der Waals surface area contributed by atoms with Crippen LogP contribution in [0.2, 0.25) is 0 Å². The van der Waals surface area contributed by atoms with Gasteiger partial charge in [-0.25, -0.2) is 4.79 Å². The van der Waals surface area contributed by atoms with E-state index in [1.165, 1.54) is 0 Å². The van der Waals surface area contributed by atoms with Gasteiger partial charge in [0.25, 0.3) is 0 Å². The lowest BCUT2D eigenvalue weighted by molar-refractivity contribution is -0.137. The molecule has 0 spiro atoms. The van der Waals surface area contributed by atoms with Gasteiger partial charge in [-0.3, -0.25) is 4.99 Å². The van der Waals surface area contributed by atoms with Crippen molar-refractivity contribution in [3.63, 3.8) is 0 Å². The average Bonchev–Trinajstić information content (AvgIpc) is 2.29. The number of carbonyl (C=O) groups is 1. The Labute approximate surface area is 113 Å². The Morgan fingerprint density at radius 2 is 2.47 bits per heavy atom. The summed E-state index contributed by atoms with van der Waals surface area (Å²) in [7, 11) is 0. The topological polar surface area (TPSA) is 38.7 Å². The third kappa shape index (κ3) is 2.38. The molecule has 17 heavy (non-hydrogen) atoms. The molecule has 90 valence electrons. The average molecular weight is 317 g/mol. The molecule has 0 aromatic rings. The molecule has 1 aliphatic carbocycles. The van der Waals surface area contributed by atoms with Crippen LogP contribution in [0.1, 0.15) is 13.3 Å². The maximum Gasteiger partial charge on any atom is 0.342 e. The molecular formula is C12H11BrClNO2. The molecule has 0 amide bonds. The fourth-order valence-electron chi connectivity index (χ4n) is 1.77. The van der Waals surface area contributed by atoms with Crippen molar-refractivity contribution in [1.29, 1.82) is 0 Å². The van der Waals surface area contributed by atoms with Gasteiger partial charge in [0, 0.05) is 0 Å². The summed E-state index contributed by atoms with van der Waals surface area (Å²) in [5.74, 6) is -0.443. The number of fused-ring (bicyclic) bond motifs is 1. The number of hydrogen-bond acceptors (Lipinski definition) is 3. The molecule has 0 N–H and O–H groups in total. The molecule has 0 fully saturated rings. The van der Waals surface area contributed by atoms with Crippen molar-refractivity contribution in [1.82, 2.24) is 0 Å². The van der Waals surface area contributed by atoms with Gasteiger partial charge >= 0.3 is 5.97 Å². The van der Waals surface area contributed by atoms with E-state index in [-0.39, 0.29) is 6.04 Å². The van der Waals surface area contributed by atoms with E-state index in [1.54, 1.807) is 6.92 Å². The minimum atomic E-state index is -0.443. The molecule has 0 radical (unpaired) electrons. The summed E-state index contributed by atoms with van der Waals surface area (Å²) in [6.45, 7) is 2.07. The number of allylic oxidation sites excluding steroid dienone is 2. The van der Waals surface area contributed by atoms with Gasteiger partial charge in [0.1, 0.15) is 10.2 Å². The van der Waals surface area contributed by atoms with Crippen LogP contribution in [0, 0.1) is 0 Å². The van der Waals surface area contributed by atoms with E-state index in [0.717, 1.165) is 12.0 Å². The maximum absolute atomic E-state index is 11.8. The first-order valence-electron chi connectivity index (χ1n) is 5.32. The molecule has 0 saturated heterocycles. The number of ether oxygens (including phenoxy) is 1. The molecule has 1 heterocycles. The molecule has 1 unspecified atom stereocenters. The zero-order chi connectivity index (χ0) is 12.4. The van der Waals surface area contributed by atoms with Crippen molar-refractivity contribution in [2.75, 3.05) is 6.61 Å². The standard InChI is InChI=1S/C12H11BrClNO2/c1-2-17-12(16)9-10(14)7-5-3-4-6-8(7)15-11(9)13/h3-5,8H,2,6H2,1H3. The monoisotopic (exact) mass is 315 g/mol. The van der Waals surface area contributed by atoms with E-state index in [2.05, 4.69) is 20.9 Å². The van der Waals surface area contributed by atoms with Crippen LogP contribution in [-0.2, 0) is 9.53 Å².